The number of rotatable bonds is 11. The molecule has 1 aliphatic carbocycles. The van der Waals surface area contributed by atoms with Gasteiger partial charge in [-0.3, -0.25) is 4.79 Å². The minimum Gasteiger partial charge on any atom is -0.475 e. The SMILES string of the molecule is COC(=O)C1(C(=O)O)Oc2cccc(CNc3ccc(CNC(=O)COC4CC(C)CCC4C(C)C)cc3)c2O1. The van der Waals surface area contributed by atoms with Crippen molar-refractivity contribution in [3.63, 3.8) is 0 Å². The molecular formula is C30H38N2O8. The fourth-order valence-electron chi connectivity index (χ4n) is 5.29. The number of ether oxygens (including phenoxy) is 4. The predicted octanol–water partition coefficient (Wildman–Crippen LogP) is 4.12. The van der Waals surface area contributed by atoms with Gasteiger partial charge in [-0.25, -0.2) is 9.59 Å². The molecule has 4 rings (SSSR count). The summed E-state index contributed by atoms with van der Waals surface area (Å²) in [7, 11) is 1.06. The minimum atomic E-state index is -2.57. The van der Waals surface area contributed by atoms with Crippen LogP contribution < -0.4 is 20.1 Å². The maximum atomic E-state index is 12.4. The Hall–Kier alpha value is -3.79. The largest absolute Gasteiger partial charge is 0.475 e. The van der Waals surface area contributed by atoms with Gasteiger partial charge in [0, 0.05) is 24.3 Å². The molecule has 40 heavy (non-hydrogen) atoms. The van der Waals surface area contributed by atoms with E-state index in [2.05, 4.69) is 36.1 Å². The molecule has 2 aromatic rings. The van der Waals surface area contributed by atoms with Gasteiger partial charge < -0.3 is 34.7 Å². The van der Waals surface area contributed by atoms with E-state index in [-0.39, 0.29) is 36.7 Å². The molecule has 1 aliphatic heterocycles. The second-order valence-electron chi connectivity index (χ2n) is 10.9. The van der Waals surface area contributed by atoms with E-state index in [1.165, 1.54) is 12.5 Å². The van der Waals surface area contributed by atoms with Crippen LogP contribution in [0.1, 0.15) is 51.2 Å². The molecule has 0 bridgehead atoms. The molecular weight excluding hydrogens is 516 g/mol. The third kappa shape index (κ3) is 6.50. The van der Waals surface area contributed by atoms with Crippen molar-refractivity contribution in [1.29, 1.82) is 0 Å². The van der Waals surface area contributed by atoms with Crippen molar-refractivity contribution in [1.82, 2.24) is 5.32 Å². The van der Waals surface area contributed by atoms with E-state index in [4.69, 9.17) is 14.2 Å². The standard InChI is InChI=1S/C30H38N2O8/c1-18(2)23-13-8-19(3)14-25(23)38-17-26(33)32-15-20-9-11-22(12-10-20)31-16-21-6-5-7-24-27(21)40-30(39-24,28(34)35)29(36)37-4/h5-7,9-12,18-19,23,25,31H,8,13-17H2,1-4H3,(H,32,33)(H,34,35). The van der Waals surface area contributed by atoms with Gasteiger partial charge in [-0.05, 0) is 54.4 Å². The maximum absolute atomic E-state index is 12.4. The zero-order valence-electron chi connectivity index (χ0n) is 23.4. The quantitative estimate of drug-likeness (QED) is 0.277. The van der Waals surface area contributed by atoms with Gasteiger partial charge in [0.05, 0.1) is 13.2 Å². The first-order chi connectivity index (χ1) is 19.1. The van der Waals surface area contributed by atoms with Gasteiger partial charge in [-0.2, -0.15) is 0 Å². The van der Waals surface area contributed by atoms with Gasteiger partial charge in [0.15, 0.2) is 11.5 Å². The Bertz CT molecular complexity index is 1210. The Morgan fingerprint density at radius 3 is 2.50 bits per heavy atom. The molecule has 3 N–H and O–H groups in total. The Balaban J connectivity index is 1.27. The average Bonchev–Trinajstić information content (AvgIpc) is 3.36. The van der Waals surface area contributed by atoms with Crippen molar-refractivity contribution >= 4 is 23.5 Å². The van der Waals surface area contributed by atoms with Crippen LogP contribution >= 0.6 is 0 Å². The van der Waals surface area contributed by atoms with Crippen LogP contribution in [0.5, 0.6) is 11.5 Å². The lowest BCUT2D eigenvalue weighted by molar-refractivity contribution is -0.196. The molecule has 2 aromatic carbocycles. The first kappa shape index (κ1) is 29.2. The van der Waals surface area contributed by atoms with E-state index >= 15 is 0 Å². The van der Waals surface area contributed by atoms with Crippen LogP contribution in [0, 0.1) is 17.8 Å². The number of esters is 1. The number of carbonyl (C=O) groups excluding carboxylic acids is 2. The molecule has 0 radical (unpaired) electrons. The lowest BCUT2D eigenvalue weighted by Crippen LogP contribution is -2.54. The summed E-state index contributed by atoms with van der Waals surface area (Å²) in [6.07, 6.45) is 3.50. The predicted molar refractivity (Wildman–Crippen MR) is 147 cm³/mol. The van der Waals surface area contributed by atoms with Crippen molar-refractivity contribution in [3.05, 3.63) is 53.6 Å². The average molecular weight is 555 g/mol. The van der Waals surface area contributed by atoms with E-state index in [1.807, 2.05) is 24.3 Å². The van der Waals surface area contributed by atoms with Gasteiger partial charge in [0.1, 0.15) is 6.61 Å². The maximum Gasteiger partial charge on any atom is 0.453 e. The zero-order chi connectivity index (χ0) is 28.9. The molecule has 0 aromatic heterocycles. The van der Waals surface area contributed by atoms with E-state index < -0.39 is 17.7 Å². The van der Waals surface area contributed by atoms with Crippen LogP contribution in [0.3, 0.4) is 0 Å². The van der Waals surface area contributed by atoms with Crippen LogP contribution in [-0.2, 0) is 36.9 Å². The smallest absolute Gasteiger partial charge is 0.453 e. The molecule has 216 valence electrons. The summed E-state index contributed by atoms with van der Waals surface area (Å²) in [5.41, 5.74) is 2.35. The van der Waals surface area contributed by atoms with Crippen molar-refractivity contribution in [2.24, 2.45) is 17.8 Å². The molecule has 10 heteroatoms. The van der Waals surface area contributed by atoms with Crippen LogP contribution in [0.4, 0.5) is 5.69 Å². The molecule has 1 saturated carbocycles. The number of para-hydroxylation sites is 1. The highest BCUT2D eigenvalue weighted by atomic mass is 16.8. The van der Waals surface area contributed by atoms with Crippen molar-refractivity contribution in [3.8, 4) is 11.5 Å². The molecule has 0 spiro atoms. The molecule has 4 unspecified atom stereocenters. The number of amides is 1. The van der Waals surface area contributed by atoms with Gasteiger partial charge in [-0.15, -0.1) is 0 Å². The number of anilines is 1. The third-order valence-corrected chi connectivity index (χ3v) is 7.61. The number of aliphatic carboxylic acids is 1. The fourth-order valence-corrected chi connectivity index (χ4v) is 5.29. The summed E-state index contributed by atoms with van der Waals surface area (Å²) in [4.78, 5) is 36.3. The van der Waals surface area contributed by atoms with Gasteiger partial charge in [0.25, 0.3) is 0 Å². The number of benzene rings is 2. The first-order valence-corrected chi connectivity index (χ1v) is 13.7. The van der Waals surface area contributed by atoms with Crippen molar-refractivity contribution in [2.75, 3.05) is 19.0 Å². The number of fused-ring (bicyclic) bond motifs is 1. The monoisotopic (exact) mass is 554 g/mol. The second kappa shape index (κ2) is 12.6. The van der Waals surface area contributed by atoms with Crippen molar-refractivity contribution in [2.45, 2.75) is 65.0 Å². The number of carbonyl (C=O) groups is 3. The number of hydrogen-bond acceptors (Lipinski definition) is 8. The van der Waals surface area contributed by atoms with Crippen molar-refractivity contribution < 1.29 is 38.4 Å². The summed E-state index contributed by atoms with van der Waals surface area (Å²) in [5, 5.41) is 15.7. The molecule has 4 atom stereocenters. The number of hydrogen-bond donors (Lipinski definition) is 3. The topological polar surface area (TPSA) is 132 Å². The van der Waals surface area contributed by atoms with Gasteiger partial charge >= 0.3 is 17.7 Å². The van der Waals surface area contributed by atoms with E-state index in [0.29, 0.717) is 29.9 Å². The molecule has 1 amide bonds. The van der Waals surface area contributed by atoms with E-state index in [1.54, 1.807) is 12.1 Å². The zero-order valence-corrected chi connectivity index (χ0v) is 23.4. The highest BCUT2D eigenvalue weighted by Crippen LogP contribution is 2.43. The third-order valence-electron chi connectivity index (χ3n) is 7.61. The normalized spacial score (nSPS) is 23.5. The Morgan fingerprint density at radius 1 is 1.07 bits per heavy atom. The van der Waals surface area contributed by atoms with Gasteiger partial charge in [0.2, 0.25) is 5.91 Å². The molecule has 1 heterocycles. The number of nitrogens with one attached hydrogen (secondary N) is 2. The van der Waals surface area contributed by atoms with Crippen LogP contribution in [0.15, 0.2) is 42.5 Å². The number of carboxylic acids is 1. The lowest BCUT2D eigenvalue weighted by Gasteiger charge is -2.37. The van der Waals surface area contributed by atoms with Crippen LogP contribution in [-0.4, -0.2) is 48.6 Å². The number of methoxy groups -OCH3 is 1. The summed E-state index contributed by atoms with van der Waals surface area (Å²) in [5.74, 6) is -3.52. The Kier molecular flexibility index (Phi) is 9.19. The number of carboxylic acid groups (broad SMARTS) is 1. The van der Waals surface area contributed by atoms with Gasteiger partial charge in [-0.1, -0.05) is 51.5 Å². The second-order valence-corrected chi connectivity index (χ2v) is 10.9. The Labute approximate surface area is 234 Å². The summed E-state index contributed by atoms with van der Waals surface area (Å²) < 4.78 is 21.5. The van der Waals surface area contributed by atoms with E-state index in [9.17, 15) is 19.5 Å². The molecule has 10 nitrogen and oxygen atoms in total. The molecule has 1 fully saturated rings. The van der Waals surface area contributed by atoms with Crippen LogP contribution in [0.25, 0.3) is 0 Å². The lowest BCUT2D eigenvalue weighted by atomic mass is 9.75. The Morgan fingerprint density at radius 2 is 1.82 bits per heavy atom. The summed E-state index contributed by atoms with van der Waals surface area (Å²) >= 11 is 0. The molecule has 0 saturated heterocycles. The first-order valence-electron chi connectivity index (χ1n) is 13.7. The van der Waals surface area contributed by atoms with Crippen LogP contribution in [0.2, 0.25) is 0 Å². The molecule has 2 aliphatic rings. The van der Waals surface area contributed by atoms with E-state index in [0.717, 1.165) is 31.2 Å². The minimum absolute atomic E-state index is 0.0621. The summed E-state index contributed by atoms with van der Waals surface area (Å²) in [6.45, 7) is 7.42. The highest BCUT2D eigenvalue weighted by Gasteiger charge is 2.59. The highest BCUT2D eigenvalue weighted by molar-refractivity contribution is 6.02. The summed E-state index contributed by atoms with van der Waals surface area (Å²) in [6, 6.07) is 12.5. The fraction of sp³-hybridized carbons (Fsp3) is 0.500.